The second-order valence-corrected chi connectivity index (χ2v) is 4.70. The van der Waals surface area contributed by atoms with Gasteiger partial charge in [0.2, 0.25) is 0 Å². The summed E-state index contributed by atoms with van der Waals surface area (Å²) in [7, 11) is 1.64. The molecule has 1 aliphatic heterocycles. The minimum absolute atomic E-state index is 0.00612. The molecule has 1 aromatic carbocycles. The van der Waals surface area contributed by atoms with Gasteiger partial charge in [0.1, 0.15) is 5.75 Å². The van der Waals surface area contributed by atoms with Crippen LogP contribution in [0.3, 0.4) is 0 Å². The van der Waals surface area contributed by atoms with Gasteiger partial charge in [0.05, 0.1) is 19.6 Å². The predicted molar refractivity (Wildman–Crippen MR) is 73.9 cm³/mol. The lowest BCUT2D eigenvalue weighted by molar-refractivity contribution is -0.137. The minimum atomic E-state index is -0.757. The van der Waals surface area contributed by atoms with E-state index in [1.54, 1.807) is 7.11 Å². The van der Waals surface area contributed by atoms with Gasteiger partial charge in [0.15, 0.2) is 0 Å². The van der Waals surface area contributed by atoms with Gasteiger partial charge in [-0.1, -0.05) is 0 Å². The second-order valence-electron chi connectivity index (χ2n) is 4.70. The fourth-order valence-electron chi connectivity index (χ4n) is 2.43. The van der Waals surface area contributed by atoms with Crippen LogP contribution in [0.5, 0.6) is 5.75 Å². The topological polar surface area (TPSA) is 61.8 Å². The van der Waals surface area contributed by atoms with Crippen molar-refractivity contribution in [3.8, 4) is 5.75 Å². The lowest BCUT2D eigenvalue weighted by atomic mass is 10.1. The van der Waals surface area contributed by atoms with E-state index in [-0.39, 0.29) is 12.5 Å². The molecule has 1 saturated heterocycles. The normalized spacial score (nSPS) is 19.8. The van der Waals surface area contributed by atoms with Crippen LogP contribution in [0.1, 0.15) is 12.8 Å². The van der Waals surface area contributed by atoms with Gasteiger partial charge < -0.3 is 20.1 Å². The monoisotopic (exact) mass is 264 g/mol. The highest BCUT2D eigenvalue weighted by molar-refractivity contribution is 5.68. The van der Waals surface area contributed by atoms with Crippen molar-refractivity contribution in [2.45, 2.75) is 18.9 Å². The molecule has 1 atom stereocenters. The zero-order chi connectivity index (χ0) is 13.7. The molecule has 1 fully saturated rings. The zero-order valence-electron chi connectivity index (χ0n) is 11.1. The first-order valence-corrected chi connectivity index (χ1v) is 6.54. The summed E-state index contributed by atoms with van der Waals surface area (Å²) in [5.41, 5.74) is 1.05. The summed E-state index contributed by atoms with van der Waals surface area (Å²) in [6, 6.07) is 7.78. The zero-order valence-corrected chi connectivity index (χ0v) is 11.1. The molecule has 0 bridgehead atoms. The van der Waals surface area contributed by atoms with Crippen molar-refractivity contribution >= 4 is 11.7 Å². The van der Waals surface area contributed by atoms with E-state index in [0.717, 1.165) is 30.9 Å². The standard InChI is InChI=1S/C14H20N2O3/c1-19-13-5-3-11(4-6-13)16-8-2-7-15-10-12(16)9-14(17)18/h3-6,12,15H,2,7-10H2,1H3,(H,17,18). The average molecular weight is 264 g/mol. The molecule has 0 aromatic heterocycles. The molecule has 0 saturated carbocycles. The number of nitrogens with one attached hydrogen (secondary N) is 1. The Hall–Kier alpha value is -1.75. The Balaban J connectivity index is 2.17. The van der Waals surface area contributed by atoms with Crippen LogP contribution in [0.25, 0.3) is 0 Å². The molecule has 5 heteroatoms. The summed E-state index contributed by atoms with van der Waals surface area (Å²) in [6.07, 6.45) is 1.17. The van der Waals surface area contributed by atoms with E-state index in [2.05, 4.69) is 10.2 Å². The van der Waals surface area contributed by atoms with Crippen LogP contribution in [0, 0.1) is 0 Å². The Morgan fingerprint density at radius 1 is 1.47 bits per heavy atom. The number of benzene rings is 1. The van der Waals surface area contributed by atoms with Crippen LogP contribution in [0.2, 0.25) is 0 Å². The van der Waals surface area contributed by atoms with E-state index < -0.39 is 5.97 Å². The molecule has 19 heavy (non-hydrogen) atoms. The van der Waals surface area contributed by atoms with Crippen molar-refractivity contribution < 1.29 is 14.6 Å². The van der Waals surface area contributed by atoms with Gasteiger partial charge in [0, 0.05) is 18.8 Å². The Morgan fingerprint density at radius 2 is 2.21 bits per heavy atom. The van der Waals surface area contributed by atoms with Crippen molar-refractivity contribution in [1.82, 2.24) is 5.32 Å². The van der Waals surface area contributed by atoms with Gasteiger partial charge in [-0.15, -0.1) is 0 Å². The van der Waals surface area contributed by atoms with Crippen molar-refractivity contribution in [3.63, 3.8) is 0 Å². The first-order valence-electron chi connectivity index (χ1n) is 6.54. The maximum atomic E-state index is 11.0. The third-order valence-corrected chi connectivity index (χ3v) is 3.39. The summed E-state index contributed by atoms with van der Waals surface area (Å²) in [4.78, 5) is 13.2. The van der Waals surface area contributed by atoms with Crippen LogP contribution in [-0.4, -0.2) is 43.9 Å². The number of nitrogens with zero attached hydrogens (tertiary/aromatic N) is 1. The molecule has 0 amide bonds. The highest BCUT2D eigenvalue weighted by atomic mass is 16.5. The maximum absolute atomic E-state index is 11.0. The van der Waals surface area contributed by atoms with Crippen LogP contribution in [-0.2, 0) is 4.79 Å². The van der Waals surface area contributed by atoms with Gasteiger partial charge >= 0.3 is 5.97 Å². The predicted octanol–water partition coefficient (Wildman–Crippen LogP) is 1.34. The third kappa shape index (κ3) is 3.61. The first kappa shape index (κ1) is 13.7. The lowest BCUT2D eigenvalue weighted by Crippen LogP contribution is -2.41. The number of rotatable bonds is 4. The Kier molecular flexibility index (Phi) is 4.63. The molecule has 0 spiro atoms. The Labute approximate surface area is 113 Å². The molecule has 2 N–H and O–H groups in total. The first-order chi connectivity index (χ1) is 9.20. The molecule has 1 unspecified atom stereocenters. The van der Waals surface area contributed by atoms with E-state index in [1.165, 1.54) is 0 Å². The summed E-state index contributed by atoms with van der Waals surface area (Å²) in [5, 5.41) is 12.3. The molecule has 1 aromatic rings. The highest BCUT2D eigenvalue weighted by Crippen LogP contribution is 2.23. The number of carboxylic acid groups (broad SMARTS) is 1. The fourth-order valence-corrected chi connectivity index (χ4v) is 2.43. The second kappa shape index (κ2) is 6.43. The number of ether oxygens (including phenoxy) is 1. The summed E-state index contributed by atoms with van der Waals surface area (Å²) in [6.45, 7) is 2.51. The number of carbonyl (C=O) groups is 1. The Bertz CT molecular complexity index is 419. The quantitative estimate of drug-likeness (QED) is 0.859. The van der Waals surface area contributed by atoms with E-state index in [4.69, 9.17) is 9.84 Å². The lowest BCUT2D eigenvalue weighted by Gasteiger charge is -2.31. The highest BCUT2D eigenvalue weighted by Gasteiger charge is 2.23. The number of anilines is 1. The molecular formula is C14H20N2O3. The van der Waals surface area contributed by atoms with Gasteiger partial charge in [0.25, 0.3) is 0 Å². The van der Waals surface area contributed by atoms with Crippen molar-refractivity contribution in [1.29, 1.82) is 0 Å². The molecule has 104 valence electrons. The van der Waals surface area contributed by atoms with Crippen LogP contribution in [0.4, 0.5) is 5.69 Å². The number of aliphatic carboxylic acids is 1. The van der Waals surface area contributed by atoms with Crippen molar-refractivity contribution in [2.24, 2.45) is 0 Å². The molecule has 1 heterocycles. The fraction of sp³-hybridized carbons (Fsp3) is 0.500. The van der Waals surface area contributed by atoms with Gasteiger partial charge in [-0.25, -0.2) is 0 Å². The van der Waals surface area contributed by atoms with E-state index in [9.17, 15) is 4.79 Å². The van der Waals surface area contributed by atoms with Crippen molar-refractivity contribution in [2.75, 3.05) is 31.6 Å². The van der Waals surface area contributed by atoms with Crippen LogP contribution < -0.4 is 15.0 Å². The molecule has 0 radical (unpaired) electrons. The van der Waals surface area contributed by atoms with Crippen LogP contribution in [0.15, 0.2) is 24.3 Å². The number of methoxy groups -OCH3 is 1. The maximum Gasteiger partial charge on any atom is 0.305 e. The Morgan fingerprint density at radius 3 is 2.84 bits per heavy atom. The van der Waals surface area contributed by atoms with Gasteiger partial charge in [-0.2, -0.15) is 0 Å². The van der Waals surface area contributed by atoms with Crippen molar-refractivity contribution in [3.05, 3.63) is 24.3 Å². The minimum Gasteiger partial charge on any atom is -0.497 e. The van der Waals surface area contributed by atoms with E-state index in [0.29, 0.717) is 6.54 Å². The molecule has 0 aliphatic carbocycles. The SMILES string of the molecule is COc1ccc(N2CCCNCC2CC(=O)O)cc1. The summed E-state index contributed by atoms with van der Waals surface area (Å²) in [5.74, 6) is 0.0543. The summed E-state index contributed by atoms with van der Waals surface area (Å²) >= 11 is 0. The van der Waals surface area contributed by atoms with E-state index in [1.807, 2.05) is 24.3 Å². The average Bonchev–Trinajstić information content (AvgIpc) is 2.64. The largest absolute Gasteiger partial charge is 0.497 e. The smallest absolute Gasteiger partial charge is 0.305 e. The number of hydrogen-bond donors (Lipinski definition) is 2. The molecular weight excluding hydrogens is 244 g/mol. The number of carboxylic acids is 1. The molecule has 2 rings (SSSR count). The van der Waals surface area contributed by atoms with Gasteiger partial charge in [-0.05, 0) is 37.2 Å². The summed E-state index contributed by atoms with van der Waals surface area (Å²) < 4.78 is 5.15. The number of hydrogen-bond acceptors (Lipinski definition) is 4. The third-order valence-electron chi connectivity index (χ3n) is 3.39. The van der Waals surface area contributed by atoms with Crippen LogP contribution >= 0.6 is 0 Å². The molecule has 1 aliphatic rings. The van der Waals surface area contributed by atoms with Gasteiger partial charge in [-0.3, -0.25) is 4.79 Å². The van der Waals surface area contributed by atoms with E-state index >= 15 is 0 Å². The molecule has 5 nitrogen and oxygen atoms in total.